The molecule has 0 aliphatic carbocycles. The first kappa shape index (κ1) is 12.8. The maximum atomic E-state index is 13.0. The SMILES string of the molecule is CC(=NC(=O)c1cc(F)ccc1Br)N(C)C. The summed E-state index contributed by atoms with van der Waals surface area (Å²) < 4.78 is 13.5. The van der Waals surface area contributed by atoms with Crippen molar-refractivity contribution in [3.63, 3.8) is 0 Å². The third-order valence-electron chi connectivity index (χ3n) is 2.07. The molecule has 0 saturated heterocycles. The Morgan fingerprint density at radius 1 is 1.44 bits per heavy atom. The van der Waals surface area contributed by atoms with Crippen molar-refractivity contribution in [2.24, 2.45) is 4.99 Å². The molecule has 1 aromatic rings. The monoisotopic (exact) mass is 286 g/mol. The molecule has 0 N–H and O–H groups in total. The third kappa shape index (κ3) is 3.13. The summed E-state index contributed by atoms with van der Waals surface area (Å²) in [6.45, 7) is 1.71. The van der Waals surface area contributed by atoms with E-state index in [0.717, 1.165) is 0 Å². The smallest absolute Gasteiger partial charge is 0.279 e. The Bertz CT molecular complexity index is 444. The summed E-state index contributed by atoms with van der Waals surface area (Å²) in [6.07, 6.45) is 0. The Labute approximate surface area is 102 Å². The zero-order valence-corrected chi connectivity index (χ0v) is 10.9. The summed E-state index contributed by atoms with van der Waals surface area (Å²) in [5, 5.41) is 0. The molecule has 0 bridgehead atoms. The molecule has 0 saturated carbocycles. The fourth-order valence-corrected chi connectivity index (χ4v) is 1.38. The van der Waals surface area contributed by atoms with Gasteiger partial charge in [-0.25, -0.2) is 4.39 Å². The summed E-state index contributed by atoms with van der Waals surface area (Å²) in [7, 11) is 3.57. The van der Waals surface area contributed by atoms with Crippen molar-refractivity contribution < 1.29 is 9.18 Å². The molecule has 0 fully saturated rings. The first-order valence-electron chi connectivity index (χ1n) is 4.64. The number of amides is 1. The van der Waals surface area contributed by atoms with Gasteiger partial charge >= 0.3 is 0 Å². The van der Waals surface area contributed by atoms with E-state index in [0.29, 0.717) is 10.3 Å². The molecule has 0 radical (unpaired) electrons. The maximum Gasteiger partial charge on any atom is 0.279 e. The minimum Gasteiger partial charge on any atom is -0.366 e. The zero-order chi connectivity index (χ0) is 12.3. The van der Waals surface area contributed by atoms with E-state index in [2.05, 4.69) is 20.9 Å². The van der Waals surface area contributed by atoms with Gasteiger partial charge in [-0.1, -0.05) is 0 Å². The zero-order valence-electron chi connectivity index (χ0n) is 9.29. The van der Waals surface area contributed by atoms with Crippen LogP contribution in [0.4, 0.5) is 4.39 Å². The van der Waals surface area contributed by atoms with Crippen molar-refractivity contribution in [2.75, 3.05) is 14.1 Å². The van der Waals surface area contributed by atoms with E-state index in [4.69, 9.17) is 0 Å². The van der Waals surface area contributed by atoms with E-state index >= 15 is 0 Å². The highest BCUT2D eigenvalue weighted by Gasteiger charge is 2.11. The predicted molar refractivity (Wildman–Crippen MR) is 65.2 cm³/mol. The first-order chi connectivity index (χ1) is 7.41. The number of carbonyl (C=O) groups excluding carboxylic acids is 1. The number of aliphatic imine (C=N–C) groups is 1. The van der Waals surface area contributed by atoms with Crippen LogP contribution >= 0.6 is 15.9 Å². The lowest BCUT2D eigenvalue weighted by molar-refractivity contribution is 0.100. The lowest BCUT2D eigenvalue weighted by atomic mass is 10.2. The van der Waals surface area contributed by atoms with Gasteiger partial charge in [0.15, 0.2) is 0 Å². The van der Waals surface area contributed by atoms with Gasteiger partial charge in [0.2, 0.25) is 0 Å². The molecular weight excluding hydrogens is 275 g/mol. The van der Waals surface area contributed by atoms with Gasteiger partial charge < -0.3 is 4.90 Å². The van der Waals surface area contributed by atoms with Crippen LogP contribution in [0.3, 0.4) is 0 Å². The predicted octanol–water partition coefficient (Wildman–Crippen LogP) is 2.71. The molecule has 0 aliphatic rings. The molecule has 1 aromatic carbocycles. The van der Waals surface area contributed by atoms with Crippen LogP contribution in [-0.2, 0) is 0 Å². The van der Waals surface area contributed by atoms with Gasteiger partial charge in [0.05, 0.1) is 5.56 Å². The molecule has 0 spiro atoms. The molecule has 86 valence electrons. The number of hydrogen-bond donors (Lipinski definition) is 0. The number of hydrogen-bond acceptors (Lipinski definition) is 1. The minimum absolute atomic E-state index is 0.223. The Balaban J connectivity index is 3.06. The summed E-state index contributed by atoms with van der Waals surface area (Å²) in [5.41, 5.74) is 0.223. The normalized spacial score (nSPS) is 11.4. The highest BCUT2D eigenvalue weighted by molar-refractivity contribution is 9.10. The molecule has 0 heterocycles. The minimum atomic E-state index is -0.461. The second-order valence-corrected chi connectivity index (χ2v) is 4.34. The second-order valence-electron chi connectivity index (χ2n) is 3.48. The molecule has 3 nitrogen and oxygen atoms in total. The van der Waals surface area contributed by atoms with E-state index in [1.54, 1.807) is 25.9 Å². The van der Waals surface area contributed by atoms with E-state index in [-0.39, 0.29) is 5.56 Å². The average Bonchev–Trinajstić information content (AvgIpc) is 2.21. The Morgan fingerprint density at radius 3 is 2.62 bits per heavy atom. The van der Waals surface area contributed by atoms with E-state index < -0.39 is 11.7 Å². The van der Waals surface area contributed by atoms with Crippen molar-refractivity contribution in [3.05, 3.63) is 34.1 Å². The summed E-state index contributed by atoms with van der Waals surface area (Å²) in [4.78, 5) is 17.3. The average molecular weight is 287 g/mol. The first-order valence-corrected chi connectivity index (χ1v) is 5.43. The van der Waals surface area contributed by atoms with Gasteiger partial charge in [-0.15, -0.1) is 0 Å². The lowest BCUT2D eigenvalue weighted by Crippen LogP contribution is -2.20. The Morgan fingerprint density at radius 2 is 2.06 bits per heavy atom. The van der Waals surface area contributed by atoms with Crippen LogP contribution in [0.15, 0.2) is 27.7 Å². The van der Waals surface area contributed by atoms with Crippen molar-refractivity contribution in [1.82, 2.24) is 4.90 Å². The molecule has 16 heavy (non-hydrogen) atoms. The number of rotatable bonds is 1. The molecule has 1 rings (SSSR count). The Kier molecular flexibility index (Phi) is 4.18. The number of carbonyl (C=O) groups is 1. The maximum absolute atomic E-state index is 13.0. The number of benzene rings is 1. The van der Waals surface area contributed by atoms with Crippen LogP contribution in [0, 0.1) is 5.82 Å². The van der Waals surface area contributed by atoms with Crippen molar-refractivity contribution in [2.45, 2.75) is 6.92 Å². The number of amidine groups is 1. The molecular formula is C11H12BrFN2O. The molecule has 0 aliphatic heterocycles. The van der Waals surface area contributed by atoms with Crippen molar-refractivity contribution in [1.29, 1.82) is 0 Å². The molecule has 1 amide bonds. The van der Waals surface area contributed by atoms with Crippen LogP contribution in [0.5, 0.6) is 0 Å². The third-order valence-corrected chi connectivity index (χ3v) is 2.76. The molecule has 0 unspecified atom stereocenters. The lowest BCUT2D eigenvalue weighted by Gasteiger charge is -2.10. The molecule has 5 heteroatoms. The quantitative estimate of drug-likeness (QED) is 0.587. The highest BCUT2D eigenvalue weighted by atomic mass is 79.9. The van der Waals surface area contributed by atoms with Gasteiger partial charge in [-0.3, -0.25) is 4.79 Å². The van der Waals surface area contributed by atoms with Crippen molar-refractivity contribution in [3.8, 4) is 0 Å². The second kappa shape index (κ2) is 5.21. The summed E-state index contributed by atoms with van der Waals surface area (Å²) >= 11 is 3.19. The molecule has 0 atom stereocenters. The fourth-order valence-electron chi connectivity index (χ4n) is 0.969. The standard InChI is InChI=1S/C11H12BrFN2O/c1-7(15(2)3)14-11(16)9-6-8(13)4-5-10(9)12/h4-6H,1-3H3. The van der Waals surface area contributed by atoms with Crippen LogP contribution < -0.4 is 0 Å². The number of halogens is 2. The van der Waals surface area contributed by atoms with Crippen LogP contribution in [0.2, 0.25) is 0 Å². The molecule has 0 aromatic heterocycles. The largest absolute Gasteiger partial charge is 0.366 e. The van der Waals surface area contributed by atoms with E-state index in [1.165, 1.54) is 18.2 Å². The number of nitrogens with zero attached hydrogens (tertiary/aromatic N) is 2. The van der Waals surface area contributed by atoms with E-state index in [9.17, 15) is 9.18 Å². The van der Waals surface area contributed by atoms with Crippen LogP contribution in [0.25, 0.3) is 0 Å². The van der Waals surface area contributed by atoms with Gasteiger partial charge in [0.1, 0.15) is 11.7 Å². The van der Waals surface area contributed by atoms with Gasteiger partial charge in [0.25, 0.3) is 5.91 Å². The van der Waals surface area contributed by atoms with Crippen LogP contribution in [0.1, 0.15) is 17.3 Å². The Hall–Kier alpha value is -1.23. The topological polar surface area (TPSA) is 32.7 Å². The summed E-state index contributed by atoms with van der Waals surface area (Å²) in [5.74, 6) is -0.344. The van der Waals surface area contributed by atoms with Gasteiger partial charge in [0, 0.05) is 18.6 Å². The van der Waals surface area contributed by atoms with Crippen molar-refractivity contribution >= 4 is 27.7 Å². The van der Waals surface area contributed by atoms with E-state index in [1.807, 2.05) is 0 Å². The van der Waals surface area contributed by atoms with Gasteiger partial charge in [-0.05, 0) is 41.1 Å². The fraction of sp³-hybridized carbons (Fsp3) is 0.273. The van der Waals surface area contributed by atoms with Gasteiger partial charge in [-0.2, -0.15) is 4.99 Å². The summed E-state index contributed by atoms with van der Waals surface area (Å²) in [6, 6.07) is 3.94. The van der Waals surface area contributed by atoms with Crippen LogP contribution in [-0.4, -0.2) is 30.7 Å². The highest BCUT2D eigenvalue weighted by Crippen LogP contribution is 2.18.